The third-order valence-electron chi connectivity index (χ3n) is 3.81. The maximum atomic E-state index is 6.07. The number of nitrogens with two attached hydrogens (primary N) is 2. The molecular weight excluding hydrogens is 236 g/mol. The molecule has 4 N–H and O–H groups in total. The standard InChI is InChI=1S/C15H18N4/c1-9-5-7-10(8-6-9)11-3-2-4-12-13(11)14(16)19-15(17)18-12/h5-8,11H,2-4H2,1H3,(H4,16,17,18,19). The molecule has 0 bridgehead atoms. The maximum absolute atomic E-state index is 6.07. The summed E-state index contributed by atoms with van der Waals surface area (Å²) in [7, 11) is 0. The molecule has 0 aliphatic heterocycles. The fourth-order valence-corrected chi connectivity index (χ4v) is 2.88. The highest BCUT2D eigenvalue weighted by Gasteiger charge is 2.26. The summed E-state index contributed by atoms with van der Waals surface area (Å²) in [5, 5.41) is 0. The first-order chi connectivity index (χ1) is 9.15. The second kappa shape index (κ2) is 4.53. The summed E-state index contributed by atoms with van der Waals surface area (Å²) in [5.41, 5.74) is 16.4. The first kappa shape index (κ1) is 12.0. The van der Waals surface area contributed by atoms with Crippen LogP contribution in [0, 0.1) is 6.92 Å². The highest BCUT2D eigenvalue weighted by molar-refractivity contribution is 5.52. The number of anilines is 2. The van der Waals surface area contributed by atoms with Crippen molar-refractivity contribution in [2.75, 3.05) is 11.5 Å². The van der Waals surface area contributed by atoms with Gasteiger partial charge in [-0.25, -0.2) is 4.98 Å². The van der Waals surface area contributed by atoms with Crippen LogP contribution in [-0.2, 0) is 6.42 Å². The number of aryl methyl sites for hydroxylation is 2. The Labute approximate surface area is 112 Å². The minimum Gasteiger partial charge on any atom is -0.383 e. The van der Waals surface area contributed by atoms with Crippen LogP contribution in [0.5, 0.6) is 0 Å². The number of rotatable bonds is 1. The highest BCUT2D eigenvalue weighted by Crippen LogP contribution is 2.38. The lowest BCUT2D eigenvalue weighted by atomic mass is 9.81. The zero-order valence-corrected chi connectivity index (χ0v) is 11.1. The molecule has 0 saturated carbocycles. The summed E-state index contributed by atoms with van der Waals surface area (Å²) in [6, 6.07) is 8.62. The van der Waals surface area contributed by atoms with Crippen molar-refractivity contribution in [1.29, 1.82) is 0 Å². The quantitative estimate of drug-likeness (QED) is 0.819. The second-order valence-corrected chi connectivity index (χ2v) is 5.18. The first-order valence-corrected chi connectivity index (χ1v) is 6.63. The van der Waals surface area contributed by atoms with Crippen LogP contribution in [0.3, 0.4) is 0 Å². The molecule has 4 heteroatoms. The second-order valence-electron chi connectivity index (χ2n) is 5.18. The summed E-state index contributed by atoms with van der Waals surface area (Å²) in [6.07, 6.45) is 3.14. The predicted octanol–water partition coefficient (Wildman–Crippen LogP) is 2.42. The third kappa shape index (κ3) is 2.14. The number of nitrogens with zero attached hydrogens (tertiary/aromatic N) is 2. The Morgan fingerprint density at radius 1 is 1.11 bits per heavy atom. The maximum Gasteiger partial charge on any atom is 0.222 e. The Morgan fingerprint density at radius 2 is 1.84 bits per heavy atom. The minimum absolute atomic E-state index is 0.279. The fraction of sp³-hybridized carbons (Fsp3) is 0.333. The number of benzene rings is 1. The van der Waals surface area contributed by atoms with Gasteiger partial charge in [-0.2, -0.15) is 4.98 Å². The van der Waals surface area contributed by atoms with Gasteiger partial charge in [0.25, 0.3) is 0 Å². The van der Waals surface area contributed by atoms with E-state index in [-0.39, 0.29) is 5.95 Å². The van der Waals surface area contributed by atoms with Gasteiger partial charge in [0.05, 0.1) is 5.69 Å². The monoisotopic (exact) mass is 254 g/mol. The van der Waals surface area contributed by atoms with Crippen molar-refractivity contribution in [2.24, 2.45) is 0 Å². The molecule has 1 aromatic carbocycles. The first-order valence-electron chi connectivity index (χ1n) is 6.63. The Hall–Kier alpha value is -2.10. The normalized spacial score (nSPS) is 18.1. The van der Waals surface area contributed by atoms with Gasteiger partial charge in [0.15, 0.2) is 0 Å². The van der Waals surface area contributed by atoms with Gasteiger partial charge in [0.1, 0.15) is 5.82 Å². The lowest BCUT2D eigenvalue weighted by molar-refractivity contribution is 0.602. The van der Waals surface area contributed by atoms with Crippen LogP contribution >= 0.6 is 0 Å². The Balaban J connectivity index is 2.09. The van der Waals surface area contributed by atoms with Crippen molar-refractivity contribution in [3.63, 3.8) is 0 Å². The highest BCUT2D eigenvalue weighted by atomic mass is 15.0. The van der Waals surface area contributed by atoms with Gasteiger partial charge in [-0.05, 0) is 31.7 Å². The van der Waals surface area contributed by atoms with Gasteiger partial charge in [-0.3, -0.25) is 0 Å². The van der Waals surface area contributed by atoms with E-state index in [1.54, 1.807) is 0 Å². The van der Waals surface area contributed by atoms with Crippen LogP contribution in [0.1, 0.15) is 41.1 Å². The molecule has 98 valence electrons. The van der Waals surface area contributed by atoms with E-state index in [1.807, 2.05) is 0 Å². The summed E-state index contributed by atoms with van der Waals surface area (Å²) in [6.45, 7) is 2.09. The molecule has 4 nitrogen and oxygen atoms in total. The van der Waals surface area contributed by atoms with E-state index in [0.29, 0.717) is 11.7 Å². The molecule has 0 fully saturated rings. The summed E-state index contributed by atoms with van der Waals surface area (Å²) in [4.78, 5) is 8.48. The average Bonchev–Trinajstić information content (AvgIpc) is 2.38. The molecular formula is C15H18N4. The molecule has 1 heterocycles. The largest absolute Gasteiger partial charge is 0.383 e. The van der Waals surface area contributed by atoms with Crippen molar-refractivity contribution in [1.82, 2.24) is 9.97 Å². The smallest absolute Gasteiger partial charge is 0.222 e. The molecule has 0 radical (unpaired) electrons. The van der Waals surface area contributed by atoms with Crippen molar-refractivity contribution in [3.05, 3.63) is 46.6 Å². The number of hydrogen-bond donors (Lipinski definition) is 2. The summed E-state index contributed by atoms with van der Waals surface area (Å²) >= 11 is 0. The zero-order valence-electron chi connectivity index (χ0n) is 11.1. The van der Waals surface area contributed by atoms with Gasteiger partial charge in [0.2, 0.25) is 5.95 Å². The molecule has 3 rings (SSSR count). The van der Waals surface area contributed by atoms with E-state index in [2.05, 4.69) is 41.2 Å². The van der Waals surface area contributed by atoms with E-state index in [9.17, 15) is 0 Å². The lowest BCUT2D eigenvalue weighted by Gasteiger charge is -2.26. The van der Waals surface area contributed by atoms with Crippen molar-refractivity contribution >= 4 is 11.8 Å². The van der Waals surface area contributed by atoms with Crippen molar-refractivity contribution in [3.8, 4) is 0 Å². The summed E-state index contributed by atoms with van der Waals surface area (Å²) in [5.74, 6) is 1.11. The molecule has 0 amide bonds. The van der Waals surface area contributed by atoms with Gasteiger partial charge >= 0.3 is 0 Å². The van der Waals surface area contributed by atoms with Crippen LogP contribution in [0.2, 0.25) is 0 Å². The molecule has 0 spiro atoms. The molecule has 2 aromatic rings. The van der Waals surface area contributed by atoms with Crippen LogP contribution in [-0.4, -0.2) is 9.97 Å². The third-order valence-corrected chi connectivity index (χ3v) is 3.81. The molecule has 1 aliphatic carbocycles. The number of hydrogen-bond acceptors (Lipinski definition) is 4. The Morgan fingerprint density at radius 3 is 2.58 bits per heavy atom. The molecule has 1 unspecified atom stereocenters. The molecule has 1 aliphatic rings. The topological polar surface area (TPSA) is 77.8 Å². The number of fused-ring (bicyclic) bond motifs is 1. The SMILES string of the molecule is Cc1ccc(C2CCCc3nc(N)nc(N)c32)cc1. The van der Waals surface area contributed by atoms with Gasteiger partial charge in [-0.15, -0.1) is 0 Å². The number of aromatic nitrogens is 2. The minimum atomic E-state index is 0.279. The average molecular weight is 254 g/mol. The van der Waals surface area contributed by atoms with E-state index < -0.39 is 0 Å². The lowest BCUT2D eigenvalue weighted by Crippen LogP contribution is -2.17. The van der Waals surface area contributed by atoms with E-state index in [4.69, 9.17) is 11.5 Å². The van der Waals surface area contributed by atoms with E-state index in [0.717, 1.165) is 30.5 Å². The van der Waals surface area contributed by atoms with Gasteiger partial charge in [-0.1, -0.05) is 29.8 Å². The predicted molar refractivity (Wildman–Crippen MR) is 76.8 cm³/mol. The molecule has 19 heavy (non-hydrogen) atoms. The molecule has 0 saturated heterocycles. The van der Waals surface area contributed by atoms with Gasteiger partial charge in [0, 0.05) is 11.5 Å². The van der Waals surface area contributed by atoms with Crippen LogP contribution in [0.15, 0.2) is 24.3 Å². The van der Waals surface area contributed by atoms with Crippen LogP contribution < -0.4 is 11.5 Å². The fourth-order valence-electron chi connectivity index (χ4n) is 2.88. The van der Waals surface area contributed by atoms with Gasteiger partial charge < -0.3 is 11.5 Å². The van der Waals surface area contributed by atoms with E-state index >= 15 is 0 Å². The van der Waals surface area contributed by atoms with E-state index in [1.165, 1.54) is 11.1 Å². The van der Waals surface area contributed by atoms with Crippen molar-refractivity contribution in [2.45, 2.75) is 32.1 Å². The summed E-state index contributed by atoms with van der Waals surface area (Å²) < 4.78 is 0. The van der Waals surface area contributed by atoms with Crippen LogP contribution in [0.4, 0.5) is 11.8 Å². The molecule has 1 atom stereocenters. The van der Waals surface area contributed by atoms with Crippen LogP contribution in [0.25, 0.3) is 0 Å². The number of nitrogen functional groups attached to an aromatic ring is 2. The Kier molecular flexibility index (Phi) is 2.85. The Bertz CT molecular complexity index is 604. The zero-order chi connectivity index (χ0) is 13.4. The van der Waals surface area contributed by atoms with Crippen molar-refractivity contribution < 1.29 is 0 Å². The molecule has 1 aromatic heterocycles.